The van der Waals surface area contributed by atoms with Crippen LogP contribution < -0.4 is 20.5 Å². The van der Waals surface area contributed by atoms with Gasteiger partial charge in [-0.1, -0.05) is 6.07 Å². The third-order valence-corrected chi connectivity index (χ3v) is 7.01. The third kappa shape index (κ3) is 4.70. The fourth-order valence-electron chi connectivity index (χ4n) is 4.92. The number of aromatic nitrogens is 5. The van der Waals surface area contributed by atoms with Gasteiger partial charge in [-0.2, -0.15) is 10.4 Å². The normalized spacial score (nSPS) is 16.8. The fraction of sp³-hybridized carbons (Fsp3) is 0.346. The number of methoxy groups -OCH3 is 1. The number of hydrazine groups is 1. The SMILES string of the molecule is COc1ccc(CN2CCN(c3ccc(-c4nc(C5CNNC5)cn5ncc(C#N)c45)cn3)CC2)cn1. The molecule has 0 radical (unpaired) electrons. The number of hydrogen-bond donors (Lipinski definition) is 2. The van der Waals surface area contributed by atoms with Crippen molar-refractivity contribution in [3.8, 4) is 23.2 Å². The van der Waals surface area contributed by atoms with Crippen LogP contribution in [0.4, 0.5) is 5.82 Å². The van der Waals surface area contributed by atoms with Crippen LogP contribution in [0.1, 0.15) is 22.7 Å². The van der Waals surface area contributed by atoms with E-state index < -0.39 is 0 Å². The fourth-order valence-corrected chi connectivity index (χ4v) is 4.92. The van der Waals surface area contributed by atoms with Gasteiger partial charge in [0.05, 0.1) is 30.9 Å². The summed E-state index contributed by atoms with van der Waals surface area (Å²) in [5, 5.41) is 14.1. The zero-order valence-corrected chi connectivity index (χ0v) is 20.6. The van der Waals surface area contributed by atoms with Gasteiger partial charge in [0.25, 0.3) is 0 Å². The topological polar surface area (TPSA) is 120 Å². The van der Waals surface area contributed by atoms with Crippen molar-refractivity contribution in [3.05, 3.63) is 65.9 Å². The minimum Gasteiger partial charge on any atom is -0.481 e. The summed E-state index contributed by atoms with van der Waals surface area (Å²) < 4.78 is 6.91. The number of nitriles is 1. The Kier molecular flexibility index (Phi) is 6.36. The van der Waals surface area contributed by atoms with Gasteiger partial charge in [0.2, 0.25) is 5.88 Å². The lowest BCUT2D eigenvalue weighted by molar-refractivity contribution is 0.249. The molecule has 188 valence electrons. The molecule has 2 N–H and O–H groups in total. The monoisotopic (exact) mass is 496 g/mol. The van der Waals surface area contributed by atoms with Crippen LogP contribution in [0.2, 0.25) is 0 Å². The number of anilines is 1. The first-order valence-electron chi connectivity index (χ1n) is 12.4. The van der Waals surface area contributed by atoms with E-state index in [4.69, 9.17) is 14.7 Å². The van der Waals surface area contributed by atoms with Crippen molar-refractivity contribution >= 4 is 11.3 Å². The van der Waals surface area contributed by atoms with Crippen LogP contribution in [-0.4, -0.2) is 75.8 Å². The number of nitrogens with zero attached hydrogens (tertiary/aromatic N) is 8. The molecule has 6 rings (SSSR count). The Hall–Kier alpha value is -4.11. The van der Waals surface area contributed by atoms with Gasteiger partial charge in [-0.25, -0.2) is 19.5 Å². The van der Waals surface area contributed by atoms with E-state index in [-0.39, 0.29) is 5.92 Å². The molecule has 0 atom stereocenters. The largest absolute Gasteiger partial charge is 0.481 e. The van der Waals surface area contributed by atoms with Gasteiger partial charge in [0.1, 0.15) is 23.0 Å². The van der Waals surface area contributed by atoms with Crippen LogP contribution in [0.5, 0.6) is 5.88 Å². The number of nitrogens with one attached hydrogen (secondary N) is 2. The maximum absolute atomic E-state index is 9.64. The van der Waals surface area contributed by atoms with E-state index in [1.54, 1.807) is 17.8 Å². The summed E-state index contributed by atoms with van der Waals surface area (Å²) in [5.74, 6) is 1.81. The summed E-state index contributed by atoms with van der Waals surface area (Å²) in [5.41, 5.74) is 11.2. The summed E-state index contributed by atoms with van der Waals surface area (Å²) in [6.45, 7) is 6.15. The second-order valence-corrected chi connectivity index (χ2v) is 9.31. The third-order valence-electron chi connectivity index (χ3n) is 7.01. The molecule has 0 saturated carbocycles. The molecule has 2 aliphatic heterocycles. The molecule has 37 heavy (non-hydrogen) atoms. The second kappa shape index (κ2) is 10.1. The van der Waals surface area contributed by atoms with Crippen LogP contribution in [0.25, 0.3) is 16.8 Å². The van der Waals surface area contributed by atoms with Crippen LogP contribution >= 0.6 is 0 Å². The second-order valence-electron chi connectivity index (χ2n) is 9.31. The molecule has 2 aliphatic rings. The van der Waals surface area contributed by atoms with Crippen molar-refractivity contribution in [2.75, 3.05) is 51.3 Å². The molecule has 0 spiro atoms. The molecular weight excluding hydrogens is 468 g/mol. The molecule has 4 aromatic heterocycles. The van der Waals surface area contributed by atoms with Gasteiger partial charge in [-0.05, 0) is 17.7 Å². The van der Waals surface area contributed by atoms with Crippen LogP contribution in [0.15, 0.2) is 49.1 Å². The van der Waals surface area contributed by atoms with Gasteiger partial charge in [-0.15, -0.1) is 0 Å². The Bertz CT molecular complexity index is 1410. The minimum atomic E-state index is 0.232. The highest BCUT2D eigenvalue weighted by atomic mass is 16.5. The zero-order chi connectivity index (χ0) is 25.2. The Morgan fingerprint density at radius 1 is 1.03 bits per heavy atom. The highest BCUT2D eigenvalue weighted by Crippen LogP contribution is 2.29. The summed E-state index contributed by atoms with van der Waals surface area (Å²) >= 11 is 0. The van der Waals surface area contributed by atoms with Crippen molar-refractivity contribution in [3.63, 3.8) is 0 Å². The number of pyridine rings is 2. The zero-order valence-electron chi connectivity index (χ0n) is 20.6. The Morgan fingerprint density at radius 3 is 2.54 bits per heavy atom. The Balaban J connectivity index is 1.18. The number of fused-ring (bicyclic) bond motifs is 1. The molecular formula is C26H28N10O. The van der Waals surface area contributed by atoms with Crippen molar-refractivity contribution in [1.29, 1.82) is 5.26 Å². The van der Waals surface area contributed by atoms with Gasteiger partial charge >= 0.3 is 0 Å². The van der Waals surface area contributed by atoms with Crippen molar-refractivity contribution in [2.24, 2.45) is 0 Å². The number of ether oxygens (including phenoxy) is 1. The van der Waals surface area contributed by atoms with Crippen LogP contribution in [0, 0.1) is 11.3 Å². The first-order chi connectivity index (χ1) is 18.2. The van der Waals surface area contributed by atoms with E-state index in [2.05, 4.69) is 42.9 Å². The van der Waals surface area contributed by atoms with E-state index in [1.807, 2.05) is 36.8 Å². The maximum Gasteiger partial charge on any atom is 0.212 e. The molecule has 0 unspecified atom stereocenters. The summed E-state index contributed by atoms with van der Waals surface area (Å²) in [7, 11) is 1.63. The first kappa shape index (κ1) is 23.3. The van der Waals surface area contributed by atoms with E-state index >= 15 is 0 Å². The van der Waals surface area contributed by atoms with Crippen LogP contribution in [-0.2, 0) is 6.54 Å². The lowest BCUT2D eigenvalue weighted by Crippen LogP contribution is -2.46. The standard InChI is InChI=1S/C26H28N10O/c1-37-24-5-2-18(11-29-24)16-34-6-8-35(9-7-34)23-4-3-19(12-28-23)25-26-20(10-27)15-32-36(26)17-22(33-25)21-13-30-31-14-21/h2-5,11-12,15,17,21,30-31H,6-9,13-14,16H2,1H3. The van der Waals surface area contributed by atoms with Crippen LogP contribution in [0.3, 0.4) is 0 Å². The number of hydrogen-bond acceptors (Lipinski definition) is 10. The highest BCUT2D eigenvalue weighted by Gasteiger charge is 2.23. The summed E-state index contributed by atoms with van der Waals surface area (Å²) in [4.78, 5) is 18.8. The van der Waals surface area contributed by atoms with E-state index in [9.17, 15) is 5.26 Å². The summed E-state index contributed by atoms with van der Waals surface area (Å²) in [6.07, 6.45) is 7.25. The molecule has 11 nitrogen and oxygen atoms in total. The van der Waals surface area contributed by atoms with Crippen molar-refractivity contribution in [1.82, 2.24) is 40.3 Å². The lowest BCUT2D eigenvalue weighted by atomic mass is 10.1. The molecule has 2 fully saturated rings. The van der Waals surface area contributed by atoms with Crippen molar-refractivity contribution < 1.29 is 4.74 Å². The molecule has 6 heterocycles. The average Bonchev–Trinajstić information content (AvgIpc) is 3.64. The molecule has 0 aliphatic carbocycles. The smallest absolute Gasteiger partial charge is 0.212 e. The van der Waals surface area contributed by atoms with Gasteiger partial charge in [0, 0.05) is 75.8 Å². The quantitative estimate of drug-likeness (QED) is 0.407. The molecule has 11 heteroatoms. The molecule has 0 amide bonds. The molecule has 0 bridgehead atoms. The number of rotatable bonds is 6. The first-order valence-corrected chi connectivity index (χ1v) is 12.4. The Morgan fingerprint density at radius 2 is 1.86 bits per heavy atom. The predicted octanol–water partition coefficient (Wildman–Crippen LogP) is 1.58. The van der Waals surface area contributed by atoms with E-state index in [0.29, 0.717) is 17.0 Å². The highest BCUT2D eigenvalue weighted by molar-refractivity contribution is 5.81. The maximum atomic E-state index is 9.64. The lowest BCUT2D eigenvalue weighted by Gasteiger charge is -2.35. The van der Waals surface area contributed by atoms with Gasteiger partial charge in [-0.3, -0.25) is 15.8 Å². The molecule has 2 saturated heterocycles. The van der Waals surface area contributed by atoms with Crippen molar-refractivity contribution in [2.45, 2.75) is 12.5 Å². The molecule has 4 aromatic rings. The average molecular weight is 497 g/mol. The van der Waals surface area contributed by atoms with E-state index in [0.717, 1.165) is 68.6 Å². The van der Waals surface area contributed by atoms with E-state index in [1.165, 1.54) is 5.56 Å². The minimum absolute atomic E-state index is 0.232. The number of piperazine rings is 1. The van der Waals surface area contributed by atoms with Gasteiger partial charge in [0.15, 0.2) is 0 Å². The molecule has 0 aromatic carbocycles. The Labute approximate surface area is 214 Å². The summed E-state index contributed by atoms with van der Waals surface area (Å²) in [6, 6.07) is 10.3. The van der Waals surface area contributed by atoms with Gasteiger partial charge < -0.3 is 9.64 Å². The predicted molar refractivity (Wildman–Crippen MR) is 138 cm³/mol.